The lowest BCUT2D eigenvalue weighted by molar-refractivity contribution is -0.141. The Morgan fingerprint density at radius 2 is 1.82 bits per heavy atom. The van der Waals surface area contributed by atoms with Gasteiger partial charge in [-0.1, -0.05) is 18.2 Å². The van der Waals surface area contributed by atoms with Crippen molar-refractivity contribution >= 4 is 11.7 Å². The lowest BCUT2D eigenvalue weighted by Crippen LogP contribution is -2.15. The molecule has 0 bridgehead atoms. The maximum absolute atomic E-state index is 12.7. The Bertz CT molecular complexity index is 970. The lowest BCUT2D eigenvalue weighted by Gasteiger charge is -2.09. The SMILES string of the molecule is COc1ccccc1OCc1ccc(C(=O)Nc2cccc(C(F)(F)F)n2)o1. The molecule has 28 heavy (non-hydrogen) atoms. The number of methoxy groups -OCH3 is 1. The summed E-state index contributed by atoms with van der Waals surface area (Å²) in [7, 11) is 1.51. The molecule has 0 atom stereocenters. The Morgan fingerprint density at radius 3 is 2.54 bits per heavy atom. The van der Waals surface area contributed by atoms with Gasteiger partial charge in [0.25, 0.3) is 5.91 Å². The summed E-state index contributed by atoms with van der Waals surface area (Å²) in [6.45, 7) is 0.0372. The normalized spacial score (nSPS) is 11.1. The van der Waals surface area contributed by atoms with Gasteiger partial charge in [-0.05, 0) is 36.4 Å². The van der Waals surface area contributed by atoms with Crippen molar-refractivity contribution in [3.05, 3.63) is 71.8 Å². The van der Waals surface area contributed by atoms with E-state index in [0.717, 1.165) is 12.1 Å². The molecule has 0 radical (unpaired) electrons. The van der Waals surface area contributed by atoms with Crippen LogP contribution in [0.25, 0.3) is 0 Å². The fraction of sp³-hybridized carbons (Fsp3) is 0.158. The molecule has 1 aromatic carbocycles. The van der Waals surface area contributed by atoms with Crippen LogP contribution < -0.4 is 14.8 Å². The summed E-state index contributed by atoms with van der Waals surface area (Å²) in [4.78, 5) is 15.6. The van der Waals surface area contributed by atoms with Crippen molar-refractivity contribution in [2.24, 2.45) is 0 Å². The molecule has 3 aromatic rings. The van der Waals surface area contributed by atoms with E-state index in [-0.39, 0.29) is 18.2 Å². The van der Waals surface area contributed by atoms with Crippen LogP contribution in [0.3, 0.4) is 0 Å². The number of amides is 1. The fourth-order valence-electron chi connectivity index (χ4n) is 2.30. The number of alkyl halides is 3. The van der Waals surface area contributed by atoms with E-state index in [0.29, 0.717) is 17.3 Å². The molecule has 1 N–H and O–H groups in total. The van der Waals surface area contributed by atoms with Gasteiger partial charge in [-0.25, -0.2) is 4.98 Å². The average molecular weight is 392 g/mol. The predicted octanol–water partition coefficient (Wildman–Crippen LogP) is 4.53. The average Bonchev–Trinajstić information content (AvgIpc) is 3.15. The van der Waals surface area contributed by atoms with Gasteiger partial charge in [0, 0.05) is 0 Å². The van der Waals surface area contributed by atoms with Gasteiger partial charge in [0.1, 0.15) is 23.9 Å². The molecule has 2 heterocycles. The van der Waals surface area contributed by atoms with Crippen molar-refractivity contribution in [3.63, 3.8) is 0 Å². The summed E-state index contributed by atoms with van der Waals surface area (Å²) in [5.74, 6) is 0.354. The first-order valence-electron chi connectivity index (χ1n) is 8.07. The smallest absolute Gasteiger partial charge is 0.433 e. The van der Waals surface area contributed by atoms with E-state index in [9.17, 15) is 18.0 Å². The van der Waals surface area contributed by atoms with E-state index < -0.39 is 17.8 Å². The third-order valence-corrected chi connectivity index (χ3v) is 3.61. The Hall–Kier alpha value is -3.49. The quantitative estimate of drug-likeness (QED) is 0.667. The Kier molecular flexibility index (Phi) is 5.53. The van der Waals surface area contributed by atoms with E-state index in [1.165, 1.54) is 25.3 Å². The van der Waals surface area contributed by atoms with Crippen LogP contribution >= 0.6 is 0 Å². The van der Waals surface area contributed by atoms with Crippen LogP contribution in [0.15, 0.2) is 59.0 Å². The van der Waals surface area contributed by atoms with Gasteiger partial charge < -0.3 is 19.2 Å². The van der Waals surface area contributed by atoms with Crippen molar-refractivity contribution in [1.29, 1.82) is 0 Å². The highest BCUT2D eigenvalue weighted by Gasteiger charge is 2.32. The minimum atomic E-state index is -4.60. The number of hydrogen-bond acceptors (Lipinski definition) is 5. The number of benzene rings is 1. The zero-order valence-corrected chi connectivity index (χ0v) is 14.6. The number of carbonyl (C=O) groups excluding carboxylic acids is 1. The molecule has 1 amide bonds. The third kappa shape index (κ3) is 4.61. The first-order chi connectivity index (χ1) is 13.4. The largest absolute Gasteiger partial charge is 0.493 e. The molecule has 0 aliphatic carbocycles. The highest BCUT2D eigenvalue weighted by molar-refractivity contribution is 6.01. The molecule has 0 aliphatic rings. The van der Waals surface area contributed by atoms with Crippen molar-refractivity contribution in [3.8, 4) is 11.5 Å². The first kappa shape index (κ1) is 19.3. The van der Waals surface area contributed by atoms with Crippen molar-refractivity contribution in [2.75, 3.05) is 12.4 Å². The van der Waals surface area contributed by atoms with Crippen LogP contribution in [-0.2, 0) is 12.8 Å². The maximum Gasteiger partial charge on any atom is 0.433 e. The number of halogens is 3. The second-order valence-corrected chi connectivity index (χ2v) is 5.57. The standard InChI is InChI=1S/C19H15F3N2O4/c1-26-13-5-2-3-6-14(13)27-11-12-9-10-15(28-12)18(25)24-17-8-4-7-16(23-17)19(20,21)22/h2-10H,11H2,1H3,(H,23,24,25). The summed E-state index contributed by atoms with van der Waals surface area (Å²) in [6.07, 6.45) is -4.60. The Balaban J connectivity index is 1.64. The molecule has 0 aliphatic heterocycles. The van der Waals surface area contributed by atoms with Gasteiger partial charge in [0.2, 0.25) is 0 Å². The number of aromatic nitrogens is 1. The van der Waals surface area contributed by atoms with E-state index in [1.807, 2.05) is 0 Å². The van der Waals surface area contributed by atoms with Crippen LogP contribution in [-0.4, -0.2) is 18.0 Å². The summed E-state index contributed by atoms with van der Waals surface area (Å²) < 4.78 is 54.2. The van der Waals surface area contributed by atoms with Crippen LogP contribution in [0.4, 0.5) is 19.0 Å². The van der Waals surface area contributed by atoms with Gasteiger partial charge in [0.05, 0.1) is 7.11 Å². The zero-order valence-electron chi connectivity index (χ0n) is 14.6. The number of ether oxygens (including phenoxy) is 2. The monoisotopic (exact) mass is 392 g/mol. The van der Waals surface area contributed by atoms with Crippen molar-refractivity contribution < 1.29 is 31.9 Å². The number of carbonyl (C=O) groups is 1. The zero-order chi connectivity index (χ0) is 20.1. The molecule has 146 valence electrons. The number of hydrogen-bond donors (Lipinski definition) is 1. The van der Waals surface area contributed by atoms with E-state index in [1.54, 1.807) is 24.3 Å². The van der Waals surface area contributed by atoms with E-state index >= 15 is 0 Å². The highest BCUT2D eigenvalue weighted by Crippen LogP contribution is 2.28. The van der Waals surface area contributed by atoms with Crippen LogP contribution in [0.1, 0.15) is 22.0 Å². The van der Waals surface area contributed by atoms with E-state index in [2.05, 4.69) is 10.3 Å². The van der Waals surface area contributed by atoms with Crippen LogP contribution in [0, 0.1) is 0 Å². The molecule has 0 spiro atoms. The lowest BCUT2D eigenvalue weighted by atomic mass is 10.3. The molecule has 0 saturated carbocycles. The number of nitrogens with one attached hydrogen (secondary N) is 1. The van der Waals surface area contributed by atoms with Gasteiger partial charge in [0.15, 0.2) is 17.3 Å². The number of nitrogens with zero attached hydrogens (tertiary/aromatic N) is 1. The number of rotatable bonds is 6. The van der Waals surface area contributed by atoms with Crippen molar-refractivity contribution in [1.82, 2.24) is 4.98 Å². The molecule has 0 fully saturated rings. The van der Waals surface area contributed by atoms with Gasteiger partial charge in [-0.3, -0.25) is 4.79 Å². The molecule has 9 heteroatoms. The topological polar surface area (TPSA) is 73.6 Å². The summed E-state index contributed by atoms with van der Waals surface area (Å²) in [5.41, 5.74) is -1.10. The molecule has 2 aromatic heterocycles. The molecular formula is C19H15F3N2O4. The Morgan fingerprint density at radius 1 is 1.07 bits per heavy atom. The summed E-state index contributed by atoms with van der Waals surface area (Å²) >= 11 is 0. The predicted molar refractivity (Wildman–Crippen MR) is 93.2 cm³/mol. The maximum atomic E-state index is 12.7. The van der Waals surface area contributed by atoms with Gasteiger partial charge in [-0.2, -0.15) is 13.2 Å². The minimum Gasteiger partial charge on any atom is -0.493 e. The summed E-state index contributed by atoms with van der Waals surface area (Å²) in [6, 6.07) is 13.2. The number of para-hydroxylation sites is 2. The second kappa shape index (κ2) is 8.03. The second-order valence-electron chi connectivity index (χ2n) is 5.57. The molecular weight excluding hydrogens is 377 g/mol. The molecule has 6 nitrogen and oxygen atoms in total. The number of pyridine rings is 1. The summed E-state index contributed by atoms with van der Waals surface area (Å²) in [5, 5.41) is 2.27. The van der Waals surface area contributed by atoms with Crippen molar-refractivity contribution in [2.45, 2.75) is 12.8 Å². The molecule has 3 rings (SSSR count). The molecule has 0 unspecified atom stereocenters. The van der Waals surface area contributed by atoms with Crippen LogP contribution in [0.2, 0.25) is 0 Å². The Labute approximate surface area is 157 Å². The van der Waals surface area contributed by atoms with Crippen LogP contribution in [0.5, 0.6) is 11.5 Å². The molecule has 0 saturated heterocycles. The number of anilines is 1. The first-order valence-corrected chi connectivity index (χ1v) is 8.07. The third-order valence-electron chi connectivity index (χ3n) is 3.61. The number of furan rings is 1. The van der Waals surface area contributed by atoms with Gasteiger partial charge >= 0.3 is 6.18 Å². The van der Waals surface area contributed by atoms with Gasteiger partial charge in [-0.15, -0.1) is 0 Å². The fourth-order valence-corrected chi connectivity index (χ4v) is 2.30. The highest BCUT2D eigenvalue weighted by atomic mass is 19.4. The van der Waals surface area contributed by atoms with E-state index in [4.69, 9.17) is 13.9 Å². The minimum absolute atomic E-state index is 0.0372.